The van der Waals surface area contributed by atoms with E-state index in [1.54, 1.807) is 0 Å². The van der Waals surface area contributed by atoms with Crippen molar-refractivity contribution in [1.29, 1.82) is 0 Å². The minimum absolute atomic E-state index is 0.0266. The number of nitrogens with one attached hydrogen (secondary N) is 1. The molecule has 1 heterocycles. The standard InChI is InChI=1S/C7H14N2O2/c8-6(7(10)11)5-3-1-2-4-9-5/h5-6,9H,1-4,8H2,(H,10,11). The van der Waals surface area contributed by atoms with Crippen LogP contribution in [0.4, 0.5) is 0 Å². The highest BCUT2D eigenvalue weighted by molar-refractivity contribution is 5.74. The quantitative estimate of drug-likeness (QED) is 0.508. The van der Waals surface area contributed by atoms with Crippen LogP contribution in [0.5, 0.6) is 0 Å². The number of piperidine rings is 1. The summed E-state index contributed by atoms with van der Waals surface area (Å²) in [5.41, 5.74) is 5.43. The maximum Gasteiger partial charge on any atom is 0.322 e. The molecule has 1 aliphatic rings. The second-order valence-electron chi connectivity index (χ2n) is 2.92. The maximum absolute atomic E-state index is 10.4. The molecule has 0 saturated carbocycles. The van der Waals surface area contributed by atoms with Crippen LogP contribution in [0.25, 0.3) is 0 Å². The van der Waals surface area contributed by atoms with Crippen LogP contribution in [0.15, 0.2) is 0 Å². The topological polar surface area (TPSA) is 75.4 Å². The number of hydrogen-bond donors (Lipinski definition) is 3. The van der Waals surface area contributed by atoms with Crippen molar-refractivity contribution in [2.45, 2.75) is 31.3 Å². The van der Waals surface area contributed by atoms with E-state index >= 15 is 0 Å². The van der Waals surface area contributed by atoms with Gasteiger partial charge < -0.3 is 16.2 Å². The first-order valence-corrected chi connectivity index (χ1v) is 3.93. The van der Waals surface area contributed by atoms with Gasteiger partial charge in [0, 0.05) is 6.04 Å². The largest absolute Gasteiger partial charge is 0.480 e. The molecule has 1 saturated heterocycles. The minimum atomic E-state index is -0.913. The molecule has 2 atom stereocenters. The Morgan fingerprint density at radius 3 is 2.82 bits per heavy atom. The summed E-state index contributed by atoms with van der Waals surface area (Å²) in [4.78, 5) is 10.4. The Bertz CT molecular complexity index is 143. The molecule has 0 spiro atoms. The summed E-state index contributed by atoms with van der Waals surface area (Å²) in [6, 6.07) is -0.767. The first-order chi connectivity index (χ1) is 5.22. The van der Waals surface area contributed by atoms with Gasteiger partial charge in [-0.05, 0) is 19.4 Å². The number of carboxylic acid groups (broad SMARTS) is 1. The molecule has 0 bridgehead atoms. The van der Waals surface area contributed by atoms with Crippen molar-refractivity contribution in [3.05, 3.63) is 0 Å². The smallest absolute Gasteiger partial charge is 0.322 e. The van der Waals surface area contributed by atoms with Gasteiger partial charge in [-0.15, -0.1) is 0 Å². The SMILES string of the molecule is NC(C(=O)O)C1CCCCN1. The minimum Gasteiger partial charge on any atom is -0.480 e. The molecule has 1 fully saturated rings. The second-order valence-corrected chi connectivity index (χ2v) is 2.92. The van der Waals surface area contributed by atoms with E-state index in [1.165, 1.54) is 0 Å². The van der Waals surface area contributed by atoms with Crippen LogP contribution < -0.4 is 11.1 Å². The third kappa shape index (κ3) is 2.17. The van der Waals surface area contributed by atoms with E-state index in [2.05, 4.69) is 5.32 Å². The van der Waals surface area contributed by atoms with E-state index in [9.17, 15) is 4.79 Å². The molecule has 1 rings (SSSR count). The van der Waals surface area contributed by atoms with Crippen LogP contribution >= 0.6 is 0 Å². The van der Waals surface area contributed by atoms with Crippen molar-refractivity contribution in [2.24, 2.45) is 5.73 Å². The molecule has 2 unspecified atom stereocenters. The second kappa shape index (κ2) is 3.69. The number of rotatable bonds is 2. The van der Waals surface area contributed by atoms with E-state index in [1.807, 2.05) is 0 Å². The Morgan fingerprint density at radius 2 is 2.36 bits per heavy atom. The third-order valence-electron chi connectivity index (χ3n) is 2.07. The fourth-order valence-electron chi connectivity index (χ4n) is 1.36. The summed E-state index contributed by atoms with van der Waals surface area (Å²) in [5.74, 6) is -0.913. The molecule has 0 amide bonds. The van der Waals surface area contributed by atoms with Crippen molar-refractivity contribution < 1.29 is 9.90 Å². The Balaban J connectivity index is 2.38. The predicted molar refractivity (Wildman–Crippen MR) is 41.3 cm³/mol. The fraction of sp³-hybridized carbons (Fsp3) is 0.857. The summed E-state index contributed by atoms with van der Waals surface area (Å²) >= 11 is 0. The van der Waals surface area contributed by atoms with Gasteiger partial charge in [0.05, 0.1) is 0 Å². The zero-order valence-electron chi connectivity index (χ0n) is 6.42. The maximum atomic E-state index is 10.4. The highest BCUT2D eigenvalue weighted by Crippen LogP contribution is 2.08. The first-order valence-electron chi connectivity index (χ1n) is 3.93. The molecule has 0 aromatic carbocycles. The Labute approximate surface area is 65.8 Å². The molecule has 64 valence electrons. The third-order valence-corrected chi connectivity index (χ3v) is 2.07. The number of aliphatic carboxylic acids is 1. The van der Waals surface area contributed by atoms with Gasteiger partial charge in [-0.1, -0.05) is 6.42 Å². The summed E-state index contributed by atoms with van der Waals surface area (Å²) in [6.07, 6.45) is 3.09. The lowest BCUT2D eigenvalue weighted by Gasteiger charge is -2.26. The Hall–Kier alpha value is -0.610. The van der Waals surface area contributed by atoms with Gasteiger partial charge in [-0.2, -0.15) is 0 Å². The van der Waals surface area contributed by atoms with E-state index in [4.69, 9.17) is 10.8 Å². The number of carboxylic acids is 1. The molecule has 0 radical (unpaired) electrons. The van der Waals surface area contributed by atoms with Crippen LogP contribution in [-0.2, 0) is 4.79 Å². The zero-order chi connectivity index (χ0) is 8.27. The summed E-state index contributed by atoms with van der Waals surface area (Å²) < 4.78 is 0. The van der Waals surface area contributed by atoms with Crippen LogP contribution in [0.2, 0.25) is 0 Å². The van der Waals surface area contributed by atoms with Gasteiger partial charge >= 0.3 is 5.97 Å². The van der Waals surface area contributed by atoms with Crippen molar-refractivity contribution in [2.75, 3.05) is 6.54 Å². The van der Waals surface area contributed by atoms with Gasteiger partial charge in [0.25, 0.3) is 0 Å². The molecular formula is C7H14N2O2. The fourth-order valence-corrected chi connectivity index (χ4v) is 1.36. The van der Waals surface area contributed by atoms with Crippen LogP contribution in [0.1, 0.15) is 19.3 Å². The van der Waals surface area contributed by atoms with E-state index in [-0.39, 0.29) is 6.04 Å². The zero-order valence-corrected chi connectivity index (χ0v) is 6.42. The summed E-state index contributed by atoms with van der Waals surface area (Å²) in [7, 11) is 0. The molecule has 0 aliphatic carbocycles. The van der Waals surface area contributed by atoms with Crippen molar-refractivity contribution >= 4 is 5.97 Å². The molecule has 1 aliphatic heterocycles. The van der Waals surface area contributed by atoms with Gasteiger partial charge in [-0.3, -0.25) is 4.79 Å². The predicted octanol–water partition coefficient (Wildman–Crippen LogP) is -0.460. The first kappa shape index (κ1) is 8.49. The van der Waals surface area contributed by atoms with Crippen LogP contribution in [-0.4, -0.2) is 29.7 Å². The number of nitrogens with two attached hydrogens (primary N) is 1. The van der Waals surface area contributed by atoms with Gasteiger partial charge in [0.1, 0.15) is 6.04 Å². The van der Waals surface area contributed by atoms with Crippen molar-refractivity contribution in [1.82, 2.24) is 5.32 Å². The Kier molecular flexibility index (Phi) is 2.84. The lowest BCUT2D eigenvalue weighted by atomic mass is 9.99. The van der Waals surface area contributed by atoms with Crippen molar-refractivity contribution in [3.8, 4) is 0 Å². The van der Waals surface area contributed by atoms with Crippen molar-refractivity contribution in [3.63, 3.8) is 0 Å². The highest BCUT2D eigenvalue weighted by atomic mass is 16.4. The molecule has 11 heavy (non-hydrogen) atoms. The van der Waals surface area contributed by atoms with E-state index < -0.39 is 12.0 Å². The van der Waals surface area contributed by atoms with Gasteiger partial charge in [0.15, 0.2) is 0 Å². The monoisotopic (exact) mass is 158 g/mol. The Morgan fingerprint density at radius 1 is 1.64 bits per heavy atom. The summed E-state index contributed by atoms with van der Waals surface area (Å²) in [6.45, 7) is 0.894. The molecule has 0 aromatic rings. The highest BCUT2D eigenvalue weighted by Gasteiger charge is 2.24. The molecular weight excluding hydrogens is 144 g/mol. The number of carbonyl (C=O) groups is 1. The van der Waals surface area contributed by atoms with Crippen LogP contribution in [0.3, 0.4) is 0 Å². The average Bonchev–Trinajstić information content (AvgIpc) is 2.05. The van der Waals surface area contributed by atoms with E-state index in [0.717, 1.165) is 25.8 Å². The lowest BCUT2D eigenvalue weighted by Crippen LogP contribution is -2.51. The van der Waals surface area contributed by atoms with Crippen LogP contribution in [0, 0.1) is 0 Å². The molecule has 4 nitrogen and oxygen atoms in total. The molecule has 4 N–H and O–H groups in total. The van der Waals surface area contributed by atoms with Gasteiger partial charge in [0.2, 0.25) is 0 Å². The molecule has 0 aromatic heterocycles. The van der Waals surface area contributed by atoms with E-state index in [0.29, 0.717) is 0 Å². The number of hydrogen-bond acceptors (Lipinski definition) is 3. The summed E-state index contributed by atoms with van der Waals surface area (Å²) in [5, 5.41) is 11.7. The average molecular weight is 158 g/mol. The van der Waals surface area contributed by atoms with Gasteiger partial charge in [-0.25, -0.2) is 0 Å². The normalized spacial score (nSPS) is 27.9. The molecule has 4 heteroatoms. The lowest BCUT2D eigenvalue weighted by molar-refractivity contribution is -0.139.